The molecule has 1 heterocycles. The summed E-state index contributed by atoms with van der Waals surface area (Å²) in [6, 6.07) is 11.0. The van der Waals surface area contributed by atoms with Crippen molar-refractivity contribution in [1.29, 1.82) is 0 Å². The maximum atomic E-state index is 10.2. The maximum Gasteiger partial charge on any atom is 0.115 e. The van der Waals surface area contributed by atoms with Crippen LogP contribution in [0.3, 0.4) is 0 Å². The summed E-state index contributed by atoms with van der Waals surface area (Å²) in [4.78, 5) is 0. The largest absolute Gasteiger partial charge is 0.380 e. The molecule has 1 saturated heterocycles. The molecule has 1 aliphatic rings. The Labute approximate surface area is 135 Å². The van der Waals surface area contributed by atoms with E-state index in [-0.39, 0.29) is 5.60 Å². The molecule has 1 N–H and O–H groups in total. The van der Waals surface area contributed by atoms with Gasteiger partial charge < -0.3 is 9.84 Å². The average molecular weight is 317 g/mol. The highest BCUT2D eigenvalue weighted by molar-refractivity contribution is 6.76. The molecule has 120 valence electrons. The van der Waals surface area contributed by atoms with Gasteiger partial charge in [-0.1, -0.05) is 49.7 Å². The van der Waals surface area contributed by atoms with Crippen LogP contribution in [0.25, 0.3) is 0 Å². The minimum Gasteiger partial charge on any atom is -0.380 e. The van der Waals surface area contributed by atoms with E-state index in [1.807, 2.05) is 30.3 Å². The molecule has 2 rings (SSSR count). The van der Waals surface area contributed by atoms with Crippen LogP contribution in [0.4, 0.5) is 0 Å². The fourth-order valence-corrected chi connectivity index (χ4v) is 5.70. The van der Waals surface area contributed by atoms with Crippen molar-refractivity contribution in [2.75, 3.05) is 6.61 Å². The number of aliphatic hydroxyl groups excluding tert-OH is 1. The molecule has 0 aliphatic carbocycles. The Hall–Kier alpha value is -1.08. The molecule has 2 atom stereocenters. The van der Waals surface area contributed by atoms with E-state index in [1.165, 1.54) is 6.04 Å². The van der Waals surface area contributed by atoms with Crippen molar-refractivity contribution in [2.24, 2.45) is 0 Å². The Balaban J connectivity index is 1.91. The maximum absolute atomic E-state index is 10.2. The van der Waals surface area contributed by atoms with Gasteiger partial charge in [0, 0.05) is 20.2 Å². The molecule has 0 radical (unpaired) electrons. The van der Waals surface area contributed by atoms with Gasteiger partial charge in [0.15, 0.2) is 0 Å². The van der Waals surface area contributed by atoms with E-state index in [0.717, 1.165) is 31.4 Å². The van der Waals surface area contributed by atoms with Crippen molar-refractivity contribution in [2.45, 2.75) is 63.1 Å². The lowest BCUT2D eigenvalue weighted by Gasteiger charge is -2.34. The normalized spacial score (nSPS) is 22.9. The van der Waals surface area contributed by atoms with Crippen LogP contribution in [0.15, 0.2) is 30.3 Å². The zero-order valence-electron chi connectivity index (χ0n) is 14.1. The lowest BCUT2D eigenvalue weighted by molar-refractivity contribution is 0.00432. The minimum atomic E-state index is -1.18. The molecule has 2 unspecified atom stereocenters. The summed E-state index contributed by atoms with van der Waals surface area (Å²) < 4.78 is 6.11. The molecule has 0 aromatic heterocycles. The van der Waals surface area contributed by atoms with E-state index in [4.69, 9.17) is 4.74 Å². The van der Waals surface area contributed by atoms with E-state index in [9.17, 15) is 5.11 Å². The standard InChI is InChI=1S/C19H28O2Si/c1-22(2,3)16-19(13-7-15-21-19)14-12-18(20)11-10-17-8-5-4-6-9-17/h4-6,8-9,18,20H,7,12-16H2,1-3H3. The summed E-state index contributed by atoms with van der Waals surface area (Å²) in [5, 5.41) is 10.2. The predicted octanol–water partition coefficient (Wildman–Crippen LogP) is 4.07. The van der Waals surface area contributed by atoms with E-state index < -0.39 is 14.2 Å². The predicted molar refractivity (Wildman–Crippen MR) is 94.6 cm³/mol. The Bertz CT molecular complexity index is 516. The first-order valence-electron chi connectivity index (χ1n) is 8.27. The van der Waals surface area contributed by atoms with Crippen LogP contribution in [0.1, 0.15) is 31.2 Å². The number of aliphatic hydroxyl groups is 1. The Morgan fingerprint density at radius 3 is 2.59 bits per heavy atom. The SMILES string of the molecule is C[Si](C)(C)CC1(CCC(O)C#Cc2ccccc2)CCCO1. The Kier molecular flexibility index (Phi) is 5.85. The molecule has 1 aromatic rings. The Morgan fingerprint density at radius 2 is 2.00 bits per heavy atom. The summed E-state index contributed by atoms with van der Waals surface area (Å²) in [6.07, 6.45) is 3.33. The molecular weight excluding hydrogens is 288 g/mol. The lowest BCUT2D eigenvalue weighted by atomic mass is 9.94. The van der Waals surface area contributed by atoms with Gasteiger partial charge in [-0.2, -0.15) is 0 Å². The van der Waals surface area contributed by atoms with Crippen molar-refractivity contribution < 1.29 is 9.84 Å². The lowest BCUT2D eigenvalue weighted by Crippen LogP contribution is -2.38. The van der Waals surface area contributed by atoms with Gasteiger partial charge in [-0.25, -0.2) is 0 Å². The van der Waals surface area contributed by atoms with Crippen LogP contribution in [-0.2, 0) is 4.74 Å². The van der Waals surface area contributed by atoms with Gasteiger partial charge in [0.2, 0.25) is 0 Å². The van der Waals surface area contributed by atoms with Crippen molar-refractivity contribution >= 4 is 8.07 Å². The fourth-order valence-electron chi connectivity index (χ4n) is 3.31. The van der Waals surface area contributed by atoms with Crippen molar-refractivity contribution in [3.63, 3.8) is 0 Å². The topological polar surface area (TPSA) is 29.5 Å². The van der Waals surface area contributed by atoms with Gasteiger partial charge in [0.05, 0.1) is 5.60 Å². The molecule has 3 heteroatoms. The quantitative estimate of drug-likeness (QED) is 0.655. The highest BCUT2D eigenvalue weighted by Crippen LogP contribution is 2.38. The van der Waals surface area contributed by atoms with Gasteiger partial charge >= 0.3 is 0 Å². The van der Waals surface area contributed by atoms with Gasteiger partial charge in [-0.15, -0.1) is 0 Å². The number of rotatable bonds is 5. The van der Waals surface area contributed by atoms with Crippen LogP contribution in [0.2, 0.25) is 25.7 Å². The summed E-state index contributed by atoms with van der Waals surface area (Å²) in [5.41, 5.74) is 0.954. The third kappa shape index (κ3) is 5.60. The van der Waals surface area contributed by atoms with Gasteiger partial charge in [0.25, 0.3) is 0 Å². The first-order chi connectivity index (χ1) is 10.4. The highest BCUT2D eigenvalue weighted by atomic mass is 28.3. The molecule has 0 bridgehead atoms. The molecule has 1 fully saturated rings. The molecule has 0 amide bonds. The van der Waals surface area contributed by atoms with Crippen molar-refractivity contribution in [1.82, 2.24) is 0 Å². The fraction of sp³-hybridized carbons (Fsp3) is 0.579. The third-order valence-corrected chi connectivity index (χ3v) is 5.77. The van der Waals surface area contributed by atoms with Crippen LogP contribution < -0.4 is 0 Å². The number of ether oxygens (including phenoxy) is 1. The molecule has 1 aliphatic heterocycles. The molecular formula is C19H28O2Si. The third-order valence-electron chi connectivity index (χ3n) is 4.07. The summed E-state index contributed by atoms with van der Waals surface area (Å²) in [7, 11) is -1.18. The van der Waals surface area contributed by atoms with Crippen molar-refractivity contribution in [3.8, 4) is 11.8 Å². The average Bonchev–Trinajstić information content (AvgIpc) is 2.91. The first kappa shape index (κ1) is 17.3. The molecule has 22 heavy (non-hydrogen) atoms. The molecule has 2 nitrogen and oxygen atoms in total. The van der Waals surface area contributed by atoms with Crippen molar-refractivity contribution in [3.05, 3.63) is 35.9 Å². The van der Waals surface area contributed by atoms with E-state index in [1.54, 1.807) is 0 Å². The van der Waals surface area contributed by atoms with Crippen LogP contribution >= 0.6 is 0 Å². The van der Waals surface area contributed by atoms with E-state index >= 15 is 0 Å². The summed E-state index contributed by atoms with van der Waals surface area (Å²) >= 11 is 0. The van der Waals surface area contributed by atoms with Gasteiger partial charge in [-0.05, 0) is 43.9 Å². The number of hydrogen-bond donors (Lipinski definition) is 1. The second-order valence-corrected chi connectivity index (χ2v) is 13.0. The smallest absolute Gasteiger partial charge is 0.115 e. The number of benzene rings is 1. The molecule has 0 saturated carbocycles. The van der Waals surface area contributed by atoms with Gasteiger partial charge in [0.1, 0.15) is 6.10 Å². The van der Waals surface area contributed by atoms with E-state index in [0.29, 0.717) is 6.42 Å². The highest BCUT2D eigenvalue weighted by Gasteiger charge is 2.39. The first-order valence-corrected chi connectivity index (χ1v) is 12.0. The van der Waals surface area contributed by atoms with Crippen LogP contribution in [-0.4, -0.2) is 31.5 Å². The number of hydrogen-bond acceptors (Lipinski definition) is 2. The molecule has 0 spiro atoms. The second-order valence-electron chi connectivity index (χ2n) is 7.56. The minimum absolute atomic E-state index is 0.000120. The summed E-state index contributed by atoms with van der Waals surface area (Å²) in [5.74, 6) is 6.01. The zero-order valence-corrected chi connectivity index (χ0v) is 15.1. The second kappa shape index (κ2) is 7.46. The zero-order chi connectivity index (χ0) is 16.1. The Morgan fingerprint density at radius 1 is 1.27 bits per heavy atom. The monoisotopic (exact) mass is 316 g/mol. The van der Waals surface area contributed by atoms with E-state index in [2.05, 4.69) is 31.5 Å². The molecule has 1 aromatic carbocycles. The van der Waals surface area contributed by atoms with Crippen LogP contribution in [0.5, 0.6) is 0 Å². The summed E-state index contributed by atoms with van der Waals surface area (Å²) in [6.45, 7) is 8.04. The van der Waals surface area contributed by atoms with Gasteiger partial charge in [-0.3, -0.25) is 0 Å². The van der Waals surface area contributed by atoms with Crippen LogP contribution in [0, 0.1) is 11.8 Å².